The van der Waals surface area contributed by atoms with Crippen molar-refractivity contribution in [1.82, 2.24) is 4.31 Å². The van der Waals surface area contributed by atoms with Gasteiger partial charge in [-0.3, -0.25) is 4.79 Å². The number of halogens is 3. The van der Waals surface area contributed by atoms with E-state index in [2.05, 4.69) is 0 Å². The highest BCUT2D eigenvalue weighted by molar-refractivity contribution is 7.89. The smallest absolute Gasteiger partial charge is 0.307 e. The van der Waals surface area contributed by atoms with Crippen molar-refractivity contribution in [2.45, 2.75) is 17.7 Å². The second kappa shape index (κ2) is 6.08. The Kier molecular flexibility index (Phi) is 4.77. The van der Waals surface area contributed by atoms with Crippen LogP contribution in [0.15, 0.2) is 17.0 Å². The van der Waals surface area contributed by atoms with Crippen LogP contribution in [0.2, 0.25) is 10.0 Å². The monoisotopic (exact) mass is 355 g/mol. The Balaban J connectivity index is 2.38. The zero-order valence-corrected chi connectivity index (χ0v) is 13.1. The van der Waals surface area contributed by atoms with Gasteiger partial charge in [0.05, 0.1) is 16.0 Å². The van der Waals surface area contributed by atoms with Crippen LogP contribution in [-0.2, 0) is 14.8 Å². The first-order valence-corrected chi connectivity index (χ1v) is 8.31. The first-order valence-electron chi connectivity index (χ1n) is 6.11. The van der Waals surface area contributed by atoms with Gasteiger partial charge in [-0.25, -0.2) is 12.8 Å². The van der Waals surface area contributed by atoms with E-state index < -0.39 is 37.6 Å². The van der Waals surface area contributed by atoms with Gasteiger partial charge in [-0.2, -0.15) is 4.31 Å². The highest BCUT2D eigenvalue weighted by Crippen LogP contribution is 2.32. The number of carboxylic acid groups (broad SMARTS) is 1. The molecule has 0 amide bonds. The Morgan fingerprint density at radius 1 is 1.38 bits per heavy atom. The Bertz CT molecular complexity index is 680. The second-order valence-electron chi connectivity index (χ2n) is 4.71. The van der Waals surface area contributed by atoms with E-state index in [0.717, 1.165) is 16.4 Å². The molecule has 1 atom stereocenters. The molecule has 0 saturated carbocycles. The topological polar surface area (TPSA) is 74.7 Å². The summed E-state index contributed by atoms with van der Waals surface area (Å²) >= 11 is 11.3. The van der Waals surface area contributed by atoms with Crippen LogP contribution >= 0.6 is 23.2 Å². The number of hydrogen-bond donors (Lipinski definition) is 1. The maximum atomic E-state index is 13.7. The maximum Gasteiger partial charge on any atom is 0.307 e. The van der Waals surface area contributed by atoms with Gasteiger partial charge in [0.15, 0.2) is 5.82 Å². The molecule has 116 valence electrons. The molecule has 0 bridgehead atoms. The molecule has 1 saturated heterocycles. The molecule has 5 nitrogen and oxygen atoms in total. The molecule has 1 heterocycles. The second-order valence-corrected chi connectivity index (χ2v) is 7.41. The lowest BCUT2D eigenvalue weighted by atomic mass is 10.0. The lowest BCUT2D eigenvalue weighted by Gasteiger charge is -2.30. The fourth-order valence-electron chi connectivity index (χ4n) is 2.21. The molecule has 1 fully saturated rings. The molecule has 1 aliphatic rings. The molecular weight excluding hydrogens is 344 g/mol. The van der Waals surface area contributed by atoms with Crippen molar-refractivity contribution < 1.29 is 22.7 Å². The predicted molar refractivity (Wildman–Crippen MR) is 75.5 cm³/mol. The van der Waals surface area contributed by atoms with Crippen LogP contribution < -0.4 is 0 Å². The SMILES string of the molecule is O=C(O)[C@@H]1CCCN(S(=O)(=O)c2ccc(Cl)c(F)c2Cl)C1. The maximum absolute atomic E-state index is 13.7. The van der Waals surface area contributed by atoms with Gasteiger partial charge in [0.25, 0.3) is 0 Å². The molecule has 1 aromatic carbocycles. The van der Waals surface area contributed by atoms with Crippen LogP contribution in [0.1, 0.15) is 12.8 Å². The molecule has 0 spiro atoms. The van der Waals surface area contributed by atoms with Crippen molar-refractivity contribution in [3.8, 4) is 0 Å². The summed E-state index contributed by atoms with van der Waals surface area (Å²) in [5.74, 6) is -2.83. The number of carboxylic acids is 1. The van der Waals surface area contributed by atoms with Crippen molar-refractivity contribution in [3.05, 3.63) is 28.0 Å². The normalized spacial score (nSPS) is 20.4. The summed E-state index contributed by atoms with van der Waals surface area (Å²) < 4.78 is 39.6. The number of aliphatic carboxylic acids is 1. The number of nitrogens with zero attached hydrogens (tertiary/aromatic N) is 1. The quantitative estimate of drug-likeness (QED) is 0.845. The predicted octanol–water partition coefficient (Wildman–Crippen LogP) is 2.62. The number of sulfonamides is 1. The Labute approximate surface area is 131 Å². The van der Waals surface area contributed by atoms with E-state index in [0.29, 0.717) is 12.8 Å². The van der Waals surface area contributed by atoms with Gasteiger partial charge in [-0.05, 0) is 25.0 Å². The Morgan fingerprint density at radius 2 is 2.05 bits per heavy atom. The van der Waals surface area contributed by atoms with E-state index in [9.17, 15) is 17.6 Å². The summed E-state index contributed by atoms with van der Waals surface area (Å²) in [6, 6.07) is 2.22. The van der Waals surface area contributed by atoms with Crippen LogP contribution in [0, 0.1) is 11.7 Å². The summed E-state index contributed by atoms with van der Waals surface area (Å²) in [5.41, 5.74) is 0. The molecular formula is C12H12Cl2FNO4S. The van der Waals surface area contributed by atoms with Gasteiger partial charge >= 0.3 is 5.97 Å². The zero-order valence-electron chi connectivity index (χ0n) is 10.7. The van der Waals surface area contributed by atoms with Gasteiger partial charge in [0.1, 0.15) is 4.90 Å². The first-order chi connectivity index (χ1) is 9.75. The third kappa shape index (κ3) is 3.15. The highest BCUT2D eigenvalue weighted by atomic mass is 35.5. The fraction of sp³-hybridized carbons (Fsp3) is 0.417. The molecule has 0 radical (unpaired) electrons. The lowest BCUT2D eigenvalue weighted by Crippen LogP contribution is -2.42. The van der Waals surface area contributed by atoms with Crippen LogP contribution in [0.4, 0.5) is 4.39 Å². The van der Waals surface area contributed by atoms with Crippen molar-refractivity contribution in [3.63, 3.8) is 0 Å². The van der Waals surface area contributed by atoms with E-state index in [1.165, 1.54) is 0 Å². The first kappa shape index (κ1) is 16.5. The molecule has 0 aliphatic carbocycles. The van der Waals surface area contributed by atoms with Gasteiger partial charge in [0, 0.05) is 13.1 Å². The summed E-state index contributed by atoms with van der Waals surface area (Å²) in [4.78, 5) is 10.6. The van der Waals surface area contributed by atoms with E-state index in [-0.39, 0.29) is 18.1 Å². The molecule has 9 heteroatoms. The summed E-state index contributed by atoms with van der Waals surface area (Å²) in [5, 5.41) is 8.14. The molecule has 1 aromatic rings. The van der Waals surface area contributed by atoms with Gasteiger partial charge < -0.3 is 5.11 Å². The minimum absolute atomic E-state index is 0.155. The zero-order chi connectivity index (χ0) is 15.8. The van der Waals surface area contributed by atoms with Crippen molar-refractivity contribution in [2.24, 2.45) is 5.92 Å². The Hall–Kier alpha value is -0.890. The van der Waals surface area contributed by atoms with Crippen LogP contribution in [-0.4, -0.2) is 36.9 Å². The van der Waals surface area contributed by atoms with E-state index in [1.807, 2.05) is 0 Å². The third-order valence-electron chi connectivity index (χ3n) is 3.35. The number of rotatable bonds is 3. The van der Waals surface area contributed by atoms with Crippen molar-refractivity contribution in [2.75, 3.05) is 13.1 Å². The number of benzene rings is 1. The van der Waals surface area contributed by atoms with Crippen LogP contribution in [0.25, 0.3) is 0 Å². The van der Waals surface area contributed by atoms with Crippen molar-refractivity contribution in [1.29, 1.82) is 0 Å². The Morgan fingerprint density at radius 3 is 2.67 bits per heavy atom. The molecule has 2 rings (SSSR count). The average molecular weight is 356 g/mol. The summed E-state index contributed by atoms with van der Waals surface area (Å²) in [6.07, 6.45) is 0.827. The number of piperidine rings is 1. The largest absolute Gasteiger partial charge is 0.481 e. The average Bonchev–Trinajstić information content (AvgIpc) is 2.44. The van der Waals surface area contributed by atoms with Crippen molar-refractivity contribution >= 4 is 39.2 Å². The highest BCUT2D eigenvalue weighted by Gasteiger charge is 2.35. The molecule has 0 aromatic heterocycles. The van der Waals surface area contributed by atoms with Crippen LogP contribution in [0.3, 0.4) is 0 Å². The standard InChI is InChI=1S/C12H12Cl2FNO4S/c13-8-3-4-9(10(14)11(8)15)21(19,20)16-5-1-2-7(6-16)12(17)18/h3-4,7H,1-2,5-6H2,(H,17,18)/t7-/m1/s1. The van der Waals surface area contributed by atoms with Gasteiger partial charge in [-0.1, -0.05) is 23.2 Å². The third-order valence-corrected chi connectivity index (χ3v) is 6.03. The molecule has 21 heavy (non-hydrogen) atoms. The molecule has 1 aliphatic heterocycles. The molecule has 0 unspecified atom stereocenters. The minimum atomic E-state index is -4.06. The van der Waals surface area contributed by atoms with E-state index in [1.54, 1.807) is 0 Å². The van der Waals surface area contributed by atoms with Crippen LogP contribution in [0.5, 0.6) is 0 Å². The number of hydrogen-bond acceptors (Lipinski definition) is 3. The van der Waals surface area contributed by atoms with Gasteiger partial charge in [0.2, 0.25) is 10.0 Å². The van der Waals surface area contributed by atoms with E-state index >= 15 is 0 Å². The van der Waals surface area contributed by atoms with Gasteiger partial charge in [-0.15, -0.1) is 0 Å². The number of carbonyl (C=O) groups is 1. The minimum Gasteiger partial charge on any atom is -0.481 e. The van der Waals surface area contributed by atoms with E-state index in [4.69, 9.17) is 28.3 Å². The lowest BCUT2D eigenvalue weighted by molar-refractivity contribution is -0.142. The summed E-state index contributed by atoms with van der Waals surface area (Å²) in [6.45, 7) is 0.0188. The summed E-state index contributed by atoms with van der Waals surface area (Å²) in [7, 11) is -4.06. The molecule has 1 N–H and O–H groups in total. The fourth-order valence-corrected chi connectivity index (χ4v) is 4.45.